The quantitative estimate of drug-likeness (QED) is 0.640. The van der Waals surface area contributed by atoms with Crippen LogP contribution in [-0.2, 0) is 0 Å². The summed E-state index contributed by atoms with van der Waals surface area (Å²) in [5, 5.41) is 0.166. The van der Waals surface area contributed by atoms with Crippen LogP contribution in [0.25, 0.3) is 11.4 Å². The van der Waals surface area contributed by atoms with Crippen molar-refractivity contribution in [2.24, 2.45) is 0 Å². The molecule has 0 aromatic carbocycles. The summed E-state index contributed by atoms with van der Waals surface area (Å²) in [6, 6.07) is 0. The number of halogens is 1. The predicted molar refractivity (Wildman–Crippen MR) is 59.4 cm³/mol. The molecule has 0 aliphatic carbocycles. The topological polar surface area (TPSA) is 71.5 Å². The third kappa shape index (κ3) is 1.94. The molecule has 82 valence electrons. The number of carbonyl (C=O) groups is 1. The Hall–Kier alpha value is -1.75. The van der Waals surface area contributed by atoms with Crippen molar-refractivity contribution in [2.75, 3.05) is 0 Å². The van der Waals surface area contributed by atoms with Crippen LogP contribution in [0, 0.1) is 6.92 Å². The van der Waals surface area contributed by atoms with Crippen molar-refractivity contribution in [2.45, 2.75) is 13.8 Å². The van der Waals surface area contributed by atoms with Gasteiger partial charge in [-0.1, -0.05) is 0 Å². The van der Waals surface area contributed by atoms with Crippen LogP contribution in [0.15, 0.2) is 12.4 Å². The number of nitrogens with zero attached hydrogens (tertiary/aromatic N) is 3. The fourth-order valence-electron chi connectivity index (χ4n) is 1.31. The van der Waals surface area contributed by atoms with E-state index in [4.69, 9.17) is 11.6 Å². The van der Waals surface area contributed by atoms with Crippen LogP contribution < -0.4 is 0 Å². The molecule has 0 atom stereocenters. The predicted octanol–water partition coefficient (Wildman–Crippen LogP) is 2.03. The fraction of sp³-hybridized carbons (Fsp3) is 0.200. The van der Waals surface area contributed by atoms with Crippen molar-refractivity contribution >= 4 is 17.4 Å². The van der Waals surface area contributed by atoms with Gasteiger partial charge in [-0.25, -0.2) is 15.0 Å². The number of hydrogen-bond acceptors (Lipinski definition) is 4. The van der Waals surface area contributed by atoms with E-state index in [0.29, 0.717) is 17.2 Å². The van der Waals surface area contributed by atoms with Crippen LogP contribution in [0.3, 0.4) is 0 Å². The lowest BCUT2D eigenvalue weighted by atomic mass is 10.2. The molecule has 0 aliphatic rings. The van der Waals surface area contributed by atoms with Gasteiger partial charge in [0.25, 0.3) is 0 Å². The molecule has 5 nitrogen and oxygen atoms in total. The van der Waals surface area contributed by atoms with Crippen LogP contribution in [-0.4, -0.2) is 25.7 Å². The molecule has 0 saturated carbocycles. The molecule has 0 spiro atoms. The van der Waals surface area contributed by atoms with E-state index in [9.17, 15) is 4.79 Å². The second kappa shape index (κ2) is 4.02. The van der Waals surface area contributed by atoms with Crippen LogP contribution in [0.1, 0.15) is 23.1 Å². The average Bonchev–Trinajstić information content (AvgIpc) is 2.70. The maximum Gasteiger partial charge on any atom is 0.222 e. The zero-order valence-electron chi connectivity index (χ0n) is 8.78. The van der Waals surface area contributed by atoms with Gasteiger partial charge in [0.1, 0.15) is 0 Å². The minimum absolute atomic E-state index is 0.121. The van der Waals surface area contributed by atoms with E-state index in [1.165, 1.54) is 6.92 Å². The molecule has 2 heterocycles. The van der Waals surface area contributed by atoms with Crippen molar-refractivity contribution in [3.05, 3.63) is 29.1 Å². The minimum Gasteiger partial charge on any atom is -0.334 e. The number of aromatic amines is 1. The van der Waals surface area contributed by atoms with Gasteiger partial charge in [0.15, 0.2) is 11.6 Å². The Morgan fingerprint density at radius 1 is 1.38 bits per heavy atom. The summed E-state index contributed by atoms with van der Waals surface area (Å²) in [7, 11) is 0. The first-order valence-electron chi connectivity index (χ1n) is 4.63. The monoisotopic (exact) mass is 236 g/mol. The van der Waals surface area contributed by atoms with Crippen LogP contribution in [0.5, 0.6) is 0 Å². The highest BCUT2D eigenvalue weighted by atomic mass is 35.5. The Kier molecular flexibility index (Phi) is 2.70. The number of imidazole rings is 1. The zero-order valence-corrected chi connectivity index (χ0v) is 9.54. The Morgan fingerprint density at radius 3 is 2.75 bits per heavy atom. The summed E-state index contributed by atoms with van der Waals surface area (Å²) >= 11 is 5.71. The van der Waals surface area contributed by atoms with Gasteiger partial charge in [0, 0.05) is 13.1 Å². The highest BCUT2D eigenvalue weighted by Crippen LogP contribution is 2.19. The number of hydrogen-bond donors (Lipinski definition) is 1. The standard InChI is InChI=1S/C10H9ClN4O/c1-5-3-13-10(11)15-8(5)7-4-12-9(14-7)6(2)16/h3-4H,1-2H3,(H,12,14). The van der Waals surface area contributed by atoms with Crippen molar-refractivity contribution in [1.82, 2.24) is 19.9 Å². The highest BCUT2D eigenvalue weighted by molar-refractivity contribution is 6.28. The molecular formula is C10H9ClN4O. The Labute approximate surface area is 96.9 Å². The molecule has 0 aliphatic heterocycles. The number of H-pyrrole nitrogens is 1. The van der Waals surface area contributed by atoms with Gasteiger partial charge in [-0.05, 0) is 24.1 Å². The number of carbonyl (C=O) groups excluding carboxylic acids is 1. The van der Waals surface area contributed by atoms with Gasteiger partial charge in [-0.15, -0.1) is 0 Å². The maximum atomic E-state index is 11.1. The molecule has 0 fully saturated rings. The van der Waals surface area contributed by atoms with Crippen LogP contribution in [0.4, 0.5) is 0 Å². The first kappa shape index (κ1) is 10.8. The number of nitrogens with one attached hydrogen (secondary N) is 1. The first-order chi connectivity index (χ1) is 7.58. The second-order valence-corrected chi connectivity index (χ2v) is 3.71. The van der Waals surface area contributed by atoms with Crippen molar-refractivity contribution < 1.29 is 4.79 Å². The normalized spacial score (nSPS) is 10.4. The molecule has 2 rings (SSSR count). The Balaban J connectivity index is 2.50. The lowest BCUT2D eigenvalue weighted by Gasteiger charge is -2.01. The summed E-state index contributed by atoms with van der Waals surface area (Å²) in [5.41, 5.74) is 2.18. The summed E-state index contributed by atoms with van der Waals surface area (Å²) in [4.78, 5) is 25.9. The van der Waals surface area contributed by atoms with Crippen molar-refractivity contribution in [3.8, 4) is 11.4 Å². The molecule has 2 aromatic heterocycles. The first-order valence-corrected chi connectivity index (χ1v) is 5.01. The Bertz CT molecular complexity index is 550. The number of aryl methyl sites for hydroxylation is 1. The van der Waals surface area contributed by atoms with E-state index in [2.05, 4.69) is 19.9 Å². The van der Waals surface area contributed by atoms with E-state index in [1.807, 2.05) is 6.92 Å². The summed E-state index contributed by atoms with van der Waals surface area (Å²) < 4.78 is 0. The van der Waals surface area contributed by atoms with Crippen LogP contribution in [0.2, 0.25) is 5.28 Å². The molecule has 0 amide bonds. The maximum absolute atomic E-state index is 11.1. The van der Waals surface area contributed by atoms with Crippen LogP contribution >= 0.6 is 11.6 Å². The molecule has 0 bridgehead atoms. The third-order valence-corrected chi connectivity index (χ3v) is 2.29. The fourth-order valence-corrected chi connectivity index (χ4v) is 1.45. The largest absolute Gasteiger partial charge is 0.334 e. The summed E-state index contributed by atoms with van der Waals surface area (Å²) in [6.07, 6.45) is 3.18. The van der Waals surface area contributed by atoms with E-state index in [1.54, 1.807) is 12.4 Å². The average molecular weight is 237 g/mol. The van der Waals surface area contributed by atoms with Crippen molar-refractivity contribution in [3.63, 3.8) is 0 Å². The summed E-state index contributed by atoms with van der Waals surface area (Å²) in [6.45, 7) is 3.31. The van der Waals surface area contributed by atoms with Gasteiger partial charge < -0.3 is 4.98 Å². The number of Topliss-reactive ketones (excluding diaryl/α,β-unsaturated/α-hetero) is 1. The molecule has 16 heavy (non-hydrogen) atoms. The minimum atomic E-state index is -0.121. The SMILES string of the molecule is CC(=O)c1ncc(-c2nc(Cl)ncc2C)[nH]1. The number of aromatic nitrogens is 4. The second-order valence-electron chi connectivity index (χ2n) is 3.37. The van der Waals surface area contributed by atoms with Gasteiger partial charge >= 0.3 is 0 Å². The lowest BCUT2D eigenvalue weighted by Crippen LogP contribution is -1.95. The lowest BCUT2D eigenvalue weighted by molar-refractivity contribution is 0.100. The zero-order chi connectivity index (χ0) is 11.7. The number of ketones is 1. The molecule has 2 aromatic rings. The molecule has 6 heteroatoms. The molecular weight excluding hydrogens is 228 g/mol. The summed E-state index contributed by atoms with van der Waals surface area (Å²) in [5.74, 6) is 0.188. The van der Waals surface area contributed by atoms with E-state index >= 15 is 0 Å². The van der Waals surface area contributed by atoms with Gasteiger partial charge in [-0.3, -0.25) is 4.79 Å². The molecule has 0 saturated heterocycles. The van der Waals surface area contributed by atoms with E-state index in [-0.39, 0.29) is 11.1 Å². The van der Waals surface area contributed by atoms with Gasteiger partial charge in [0.2, 0.25) is 5.28 Å². The smallest absolute Gasteiger partial charge is 0.222 e. The van der Waals surface area contributed by atoms with E-state index in [0.717, 1.165) is 5.56 Å². The molecule has 0 radical (unpaired) electrons. The van der Waals surface area contributed by atoms with Gasteiger partial charge in [0.05, 0.1) is 17.6 Å². The van der Waals surface area contributed by atoms with Crippen molar-refractivity contribution in [1.29, 1.82) is 0 Å². The Morgan fingerprint density at radius 2 is 2.12 bits per heavy atom. The van der Waals surface area contributed by atoms with E-state index < -0.39 is 0 Å². The highest BCUT2D eigenvalue weighted by Gasteiger charge is 2.10. The molecule has 1 N–H and O–H groups in total. The number of rotatable bonds is 2. The third-order valence-electron chi connectivity index (χ3n) is 2.11. The molecule has 0 unspecified atom stereocenters. The van der Waals surface area contributed by atoms with Gasteiger partial charge in [-0.2, -0.15) is 0 Å².